The summed E-state index contributed by atoms with van der Waals surface area (Å²) < 4.78 is 4.98. The van der Waals surface area contributed by atoms with E-state index in [0.717, 1.165) is 5.75 Å². The van der Waals surface area contributed by atoms with Crippen molar-refractivity contribution in [2.75, 3.05) is 18.8 Å². The minimum Gasteiger partial charge on any atom is -0.459 e. The van der Waals surface area contributed by atoms with Gasteiger partial charge in [-0.3, -0.25) is 9.59 Å². The smallest absolute Gasteiger partial charge is 0.286 e. The molecule has 0 unspecified atom stereocenters. The number of nitrogens with one attached hydrogen (secondary N) is 2. The largest absolute Gasteiger partial charge is 0.459 e. The molecule has 1 aromatic heterocycles. The summed E-state index contributed by atoms with van der Waals surface area (Å²) in [4.78, 5) is 24.5. The van der Waals surface area contributed by atoms with Crippen LogP contribution >= 0.6 is 11.8 Å². The first-order chi connectivity index (χ1) is 11.3. The maximum Gasteiger partial charge on any atom is 0.286 e. The summed E-state index contributed by atoms with van der Waals surface area (Å²) in [6, 6.07) is 13.3. The van der Waals surface area contributed by atoms with Crippen LogP contribution in [0.5, 0.6) is 0 Å². The molecular formula is C17H20N2O3S. The summed E-state index contributed by atoms with van der Waals surface area (Å²) in [5, 5.41) is 5.59. The Hall–Kier alpha value is -2.21. The van der Waals surface area contributed by atoms with Crippen molar-refractivity contribution in [3.8, 4) is 0 Å². The second-order valence-corrected chi connectivity index (χ2v) is 6.02. The topological polar surface area (TPSA) is 71.3 Å². The van der Waals surface area contributed by atoms with E-state index in [4.69, 9.17) is 4.42 Å². The molecule has 0 radical (unpaired) electrons. The van der Waals surface area contributed by atoms with E-state index in [9.17, 15) is 9.59 Å². The number of thioether (sulfide) groups is 1. The van der Waals surface area contributed by atoms with Crippen molar-refractivity contribution < 1.29 is 14.0 Å². The van der Waals surface area contributed by atoms with Crippen LogP contribution < -0.4 is 10.6 Å². The average molecular weight is 332 g/mol. The molecule has 0 aliphatic heterocycles. The van der Waals surface area contributed by atoms with Crippen molar-refractivity contribution in [2.45, 2.75) is 17.7 Å². The van der Waals surface area contributed by atoms with Crippen LogP contribution in [0.25, 0.3) is 0 Å². The maximum absolute atomic E-state index is 11.7. The molecule has 0 aliphatic rings. The summed E-state index contributed by atoms with van der Waals surface area (Å²) in [5.41, 5.74) is 0. The fourth-order valence-electron chi connectivity index (χ4n) is 1.91. The number of rotatable bonds is 9. The lowest BCUT2D eigenvalue weighted by Gasteiger charge is -2.06. The van der Waals surface area contributed by atoms with Gasteiger partial charge in [0.2, 0.25) is 5.91 Å². The Balaban J connectivity index is 1.49. The van der Waals surface area contributed by atoms with Crippen LogP contribution in [0.1, 0.15) is 23.4 Å². The molecule has 122 valence electrons. The second-order valence-electron chi connectivity index (χ2n) is 4.85. The number of furan rings is 1. The van der Waals surface area contributed by atoms with Gasteiger partial charge in [0.05, 0.1) is 6.26 Å². The van der Waals surface area contributed by atoms with E-state index >= 15 is 0 Å². The van der Waals surface area contributed by atoms with E-state index in [2.05, 4.69) is 10.6 Å². The molecule has 0 saturated heterocycles. The van der Waals surface area contributed by atoms with Gasteiger partial charge < -0.3 is 15.1 Å². The quantitative estimate of drug-likeness (QED) is 0.547. The zero-order valence-corrected chi connectivity index (χ0v) is 13.6. The fourth-order valence-corrected chi connectivity index (χ4v) is 2.70. The highest BCUT2D eigenvalue weighted by Gasteiger charge is 2.07. The standard InChI is InChI=1S/C17H20N2O3S/c20-16(18-11-13-23-14-6-2-1-3-7-14)9-4-10-19-17(21)15-8-5-12-22-15/h1-3,5-8,12H,4,9-11,13H2,(H,18,20)(H,19,21). The van der Waals surface area contributed by atoms with Crippen molar-refractivity contribution in [2.24, 2.45) is 0 Å². The monoisotopic (exact) mass is 332 g/mol. The van der Waals surface area contributed by atoms with Crippen molar-refractivity contribution in [3.05, 3.63) is 54.5 Å². The average Bonchev–Trinajstić information content (AvgIpc) is 3.11. The number of amides is 2. The van der Waals surface area contributed by atoms with Gasteiger partial charge in [-0.2, -0.15) is 0 Å². The molecule has 2 N–H and O–H groups in total. The Labute approximate surface area is 139 Å². The highest BCUT2D eigenvalue weighted by molar-refractivity contribution is 7.99. The first-order valence-corrected chi connectivity index (χ1v) is 8.50. The third kappa shape index (κ3) is 6.61. The summed E-state index contributed by atoms with van der Waals surface area (Å²) >= 11 is 1.71. The molecule has 0 atom stereocenters. The molecule has 6 heteroatoms. The molecular weight excluding hydrogens is 312 g/mol. The zero-order chi connectivity index (χ0) is 16.3. The van der Waals surface area contributed by atoms with Crippen molar-refractivity contribution in [1.82, 2.24) is 10.6 Å². The van der Waals surface area contributed by atoms with Gasteiger partial charge >= 0.3 is 0 Å². The predicted molar refractivity (Wildman–Crippen MR) is 90.5 cm³/mol. The number of carbonyl (C=O) groups is 2. The third-order valence-electron chi connectivity index (χ3n) is 3.05. The predicted octanol–water partition coefficient (Wildman–Crippen LogP) is 2.70. The first-order valence-electron chi connectivity index (χ1n) is 7.52. The van der Waals surface area contributed by atoms with Gasteiger partial charge in [0.1, 0.15) is 0 Å². The van der Waals surface area contributed by atoms with Crippen molar-refractivity contribution >= 4 is 23.6 Å². The molecule has 0 spiro atoms. The number of hydrogen-bond donors (Lipinski definition) is 2. The van der Waals surface area contributed by atoms with E-state index in [1.807, 2.05) is 30.3 Å². The van der Waals surface area contributed by atoms with Crippen LogP contribution in [0.15, 0.2) is 58.0 Å². The lowest BCUT2D eigenvalue weighted by Crippen LogP contribution is -2.28. The van der Waals surface area contributed by atoms with Crippen molar-refractivity contribution in [1.29, 1.82) is 0 Å². The molecule has 0 bridgehead atoms. The van der Waals surface area contributed by atoms with Gasteiger partial charge in [-0.1, -0.05) is 18.2 Å². The number of hydrogen-bond acceptors (Lipinski definition) is 4. The van der Waals surface area contributed by atoms with E-state index in [-0.39, 0.29) is 17.6 Å². The zero-order valence-electron chi connectivity index (χ0n) is 12.8. The van der Waals surface area contributed by atoms with Crippen LogP contribution in [0.2, 0.25) is 0 Å². The van der Waals surface area contributed by atoms with Gasteiger partial charge in [0.15, 0.2) is 5.76 Å². The summed E-state index contributed by atoms with van der Waals surface area (Å²) in [5.74, 6) is 0.873. The lowest BCUT2D eigenvalue weighted by molar-refractivity contribution is -0.121. The molecule has 0 fully saturated rings. The Bertz CT molecular complexity index is 600. The Kier molecular flexibility index (Phi) is 7.26. The Morgan fingerprint density at radius 2 is 1.83 bits per heavy atom. The highest BCUT2D eigenvalue weighted by atomic mass is 32.2. The van der Waals surface area contributed by atoms with Crippen LogP contribution in [0.3, 0.4) is 0 Å². The Morgan fingerprint density at radius 1 is 1.00 bits per heavy atom. The van der Waals surface area contributed by atoms with Crippen LogP contribution in [-0.2, 0) is 4.79 Å². The van der Waals surface area contributed by atoms with E-state index in [1.165, 1.54) is 11.2 Å². The van der Waals surface area contributed by atoms with Crippen LogP contribution in [0, 0.1) is 0 Å². The van der Waals surface area contributed by atoms with E-state index in [0.29, 0.717) is 25.9 Å². The molecule has 1 aromatic carbocycles. The molecule has 1 heterocycles. The van der Waals surface area contributed by atoms with Crippen LogP contribution in [-0.4, -0.2) is 30.7 Å². The normalized spacial score (nSPS) is 10.3. The molecule has 2 amide bonds. The molecule has 2 aromatic rings. The van der Waals surface area contributed by atoms with Gasteiger partial charge in [0.25, 0.3) is 5.91 Å². The molecule has 23 heavy (non-hydrogen) atoms. The van der Waals surface area contributed by atoms with E-state index in [1.54, 1.807) is 23.9 Å². The van der Waals surface area contributed by atoms with Gasteiger partial charge in [-0.05, 0) is 30.7 Å². The molecule has 5 nitrogen and oxygen atoms in total. The summed E-state index contributed by atoms with van der Waals surface area (Å²) in [6.07, 6.45) is 2.45. The van der Waals surface area contributed by atoms with E-state index < -0.39 is 0 Å². The van der Waals surface area contributed by atoms with Crippen LogP contribution in [0.4, 0.5) is 0 Å². The van der Waals surface area contributed by atoms with Gasteiger partial charge in [0, 0.05) is 30.2 Å². The second kappa shape index (κ2) is 9.74. The first kappa shape index (κ1) is 17.1. The van der Waals surface area contributed by atoms with Gasteiger partial charge in [-0.15, -0.1) is 11.8 Å². The minimum atomic E-state index is -0.255. The summed E-state index contributed by atoms with van der Waals surface area (Å²) in [6.45, 7) is 1.09. The van der Waals surface area contributed by atoms with Gasteiger partial charge in [-0.25, -0.2) is 0 Å². The maximum atomic E-state index is 11.7. The molecule has 2 rings (SSSR count). The molecule has 0 aliphatic carbocycles. The lowest BCUT2D eigenvalue weighted by atomic mass is 10.3. The fraction of sp³-hybridized carbons (Fsp3) is 0.294. The Morgan fingerprint density at radius 3 is 2.57 bits per heavy atom. The highest BCUT2D eigenvalue weighted by Crippen LogP contribution is 2.15. The van der Waals surface area contributed by atoms with Crippen molar-refractivity contribution in [3.63, 3.8) is 0 Å². The SMILES string of the molecule is O=C(CCCNC(=O)c1ccco1)NCCSc1ccccc1. The number of benzene rings is 1. The minimum absolute atomic E-state index is 0.00547. The third-order valence-corrected chi connectivity index (χ3v) is 4.06. The number of carbonyl (C=O) groups excluding carboxylic acids is 2. The molecule has 0 saturated carbocycles. The summed E-state index contributed by atoms with van der Waals surface area (Å²) in [7, 11) is 0.